The van der Waals surface area contributed by atoms with E-state index in [9.17, 15) is 0 Å². The predicted molar refractivity (Wildman–Crippen MR) is 88.9 cm³/mol. The van der Waals surface area contributed by atoms with Crippen molar-refractivity contribution < 1.29 is 9.47 Å². The van der Waals surface area contributed by atoms with Gasteiger partial charge in [-0.25, -0.2) is 0 Å². The highest BCUT2D eigenvalue weighted by Gasteiger charge is 2.43. The Kier molecular flexibility index (Phi) is 4.48. The molecule has 4 heteroatoms. The first-order valence-corrected chi connectivity index (χ1v) is 8.16. The monoisotopic (exact) mass is 349 g/mol. The van der Waals surface area contributed by atoms with Gasteiger partial charge < -0.3 is 14.8 Å². The summed E-state index contributed by atoms with van der Waals surface area (Å²) < 4.78 is 13.0. The van der Waals surface area contributed by atoms with Gasteiger partial charge in [0.1, 0.15) is 18.0 Å². The molecule has 0 aromatic heterocycles. The zero-order valence-electron chi connectivity index (χ0n) is 12.3. The summed E-state index contributed by atoms with van der Waals surface area (Å²) in [6.07, 6.45) is 1.21. The third kappa shape index (κ3) is 2.80. The minimum atomic E-state index is 0.111. The molecule has 0 bridgehead atoms. The Morgan fingerprint density at radius 2 is 2.05 bits per heavy atom. The number of fused-ring (bicyclic) bond motifs is 1. The fourth-order valence-corrected chi connectivity index (χ4v) is 3.45. The van der Waals surface area contributed by atoms with E-state index in [1.54, 1.807) is 0 Å². The maximum Gasteiger partial charge on any atom is 0.134 e. The van der Waals surface area contributed by atoms with Gasteiger partial charge in [-0.3, -0.25) is 0 Å². The topological polar surface area (TPSA) is 30.5 Å². The highest BCUT2D eigenvalue weighted by atomic mass is 79.9. The maximum absolute atomic E-state index is 6.17. The second-order valence-corrected chi connectivity index (χ2v) is 6.10. The van der Waals surface area contributed by atoms with E-state index in [0.717, 1.165) is 16.6 Å². The molecular formula is C17H20BrNO2. The molecule has 3 unspecified atom stereocenters. The van der Waals surface area contributed by atoms with Crippen LogP contribution in [0.25, 0.3) is 10.8 Å². The molecule has 0 aliphatic heterocycles. The van der Waals surface area contributed by atoms with Crippen molar-refractivity contribution in [3.05, 3.63) is 40.9 Å². The van der Waals surface area contributed by atoms with Gasteiger partial charge in [-0.05, 0) is 46.7 Å². The SMILES string of the molecule is CCOC1C(NC)CC1Oc1ccc2ccccc2c1Br. The predicted octanol–water partition coefficient (Wildman–Crippen LogP) is 3.75. The standard InChI is InChI=1S/C17H20BrNO2/c1-3-20-17-13(19-2)10-15(17)21-14-9-8-11-6-4-5-7-12(11)16(14)18/h4-9,13,15,17,19H,3,10H2,1-2H3. The van der Waals surface area contributed by atoms with Gasteiger partial charge in [0.15, 0.2) is 0 Å². The van der Waals surface area contributed by atoms with Gasteiger partial charge in [0.25, 0.3) is 0 Å². The summed E-state index contributed by atoms with van der Waals surface area (Å²) in [5.41, 5.74) is 0. The molecule has 2 aromatic carbocycles. The van der Waals surface area contributed by atoms with E-state index in [0.29, 0.717) is 12.6 Å². The first kappa shape index (κ1) is 14.8. The average molecular weight is 350 g/mol. The Bertz CT molecular complexity index is 631. The van der Waals surface area contributed by atoms with Crippen LogP contribution in [0.1, 0.15) is 13.3 Å². The second kappa shape index (κ2) is 6.34. The molecule has 1 aliphatic rings. The average Bonchev–Trinajstić information content (AvgIpc) is 2.51. The zero-order valence-corrected chi connectivity index (χ0v) is 13.9. The van der Waals surface area contributed by atoms with Crippen LogP contribution >= 0.6 is 15.9 Å². The van der Waals surface area contributed by atoms with Gasteiger partial charge in [-0.2, -0.15) is 0 Å². The first-order chi connectivity index (χ1) is 10.2. The van der Waals surface area contributed by atoms with E-state index in [-0.39, 0.29) is 12.2 Å². The lowest BCUT2D eigenvalue weighted by Gasteiger charge is -2.43. The van der Waals surface area contributed by atoms with Crippen LogP contribution in [0.4, 0.5) is 0 Å². The lowest BCUT2D eigenvalue weighted by Crippen LogP contribution is -2.60. The van der Waals surface area contributed by atoms with Crippen LogP contribution in [0.5, 0.6) is 5.75 Å². The van der Waals surface area contributed by atoms with Crippen LogP contribution in [-0.4, -0.2) is 31.9 Å². The third-order valence-electron chi connectivity index (χ3n) is 4.09. The number of hydrogen-bond acceptors (Lipinski definition) is 3. The summed E-state index contributed by atoms with van der Waals surface area (Å²) in [6, 6.07) is 12.8. The molecule has 3 rings (SSSR count). The molecule has 3 nitrogen and oxygen atoms in total. The van der Waals surface area contributed by atoms with E-state index >= 15 is 0 Å². The van der Waals surface area contributed by atoms with Crippen LogP contribution in [0.15, 0.2) is 40.9 Å². The largest absolute Gasteiger partial charge is 0.486 e. The molecule has 0 spiro atoms. The second-order valence-electron chi connectivity index (χ2n) is 5.31. The summed E-state index contributed by atoms with van der Waals surface area (Å²) in [5, 5.41) is 5.66. The van der Waals surface area contributed by atoms with Crippen molar-refractivity contribution in [3.8, 4) is 5.75 Å². The van der Waals surface area contributed by atoms with E-state index in [2.05, 4.69) is 39.4 Å². The first-order valence-electron chi connectivity index (χ1n) is 7.37. The van der Waals surface area contributed by atoms with Crippen LogP contribution in [-0.2, 0) is 4.74 Å². The van der Waals surface area contributed by atoms with Gasteiger partial charge in [-0.1, -0.05) is 30.3 Å². The van der Waals surface area contributed by atoms with Gasteiger partial charge in [-0.15, -0.1) is 0 Å². The van der Waals surface area contributed by atoms with Crippen LogP contribution in [0.3, 0.4) is 0 Å². The van der Waals surface area contributed by atoms with Gasteiger partial charge >= 0.3 is 0 Å². The van der Waals surface area contributed by atoms with Crippen LogP contribution in [0.2, 0.25) is 0 Å². The summed E-state index contributed by atoms with van der Waals surface area (Å²) >= 11 is 3.67. The molecule has 0 radical (unpaired) electrons. The molecule has 0 saturated heterocycles. The molecule has 112 valence electrons. The normalized spacial score (nSPS) is 24.8. The fraction of sp³-hybridized carbons (Fsp3) is 0.412. The molecule has 3 atom stereocenters. The van der Waals surface area contributed by atoms with E-state index < -0.39 is 0 Å². The van der Waals surface area contributed by atoms with Crippen LogP contribution < -0.4 is 10.1 Å². The Labute approximate surface area is 133 Å². The Hall–Kier alpha value is -1.10. The number of nitrogens with one attached hydrogen (secondary N) is 1. The molecule has 0 heterocycles. The number of ether oxygens (including phenoxy) is 2. The van der Waals surface area contributed by atoms with Crippen molar-refractivity contribution in [2.45, 2.75) is 31.6 Å². The maximum atomic E-state index is 6.17. The number of hydrogen-bond donors (Lipinski definition) is 1. The number of halogens is 1. The number of rotatable bonds is 5. The molecular weight excluding hydrogens is 330 g/mol. The van der Waals surface area contributed by atoms with Crippen molar-refractivity contribution >= 4 is 26.7 Å². The van der Waals surface area contributed by atoms with Crippen molar-refractivity contribution in [1.82, 2.24) is 5.32 Å². The Balaban J connectivity index is 1.80. The van der Waals surface area contributed by atoms with Gasteiger partial charge in [0.05, 0.1) is 4.47 Å². The zero-order chi connectivity index (χ0) is 14.8. The highest BCUT2D eigenvalue weighted by molar-refractivity contribution is 9.10. The lowest BCUT2D eigenvalue weighted by molar-refractivity contribution is -0.103. The number of benzene rings is 2. The van der Waals surface area contributed by atoms with Gasteiger partial charge in [0, 0.05) is 19.1 Å². The molecule has 1 N–H and O–H groups in total. The molecule has 1 fully saturated rings. The third-order valence-corrected chi connectivity index (χ3v) is 4.90. The summed E-state index contributed by atoms with van der Waals surface area (Å²) in [6.45, 7) is 2.73. The fourth-order valence-electron chi connectivity index (χ4n) is 2.86. The molecule has 0 amide bonds. The van der Waals surface area contributed by atoms with Crippen molar-refractivity contribution in [2.75, 3.05) is 13.7 Å². The minimum Gasteiger partial charge on any atom is -0.486 e. The molecule has 2 aromatic rings. The van der Waals surface area contributed by atoms with E-state index in [1.165, 1.54) is 10.8 Å². The molecule has 21 heavy (non-hydrogen) atoms. The van der Waals surface area contributed by atoms with Crippen molar-refractivity contribution in [1.29, 1.82) is 0 Å². The lowest BCUT2D eigenvalue weighted by atomic mass is 9.85. The molecule has 1 saturated carbocycles. The van der Waals surface area contributed by atoms with E-state index in [4.69, 9.17) is 9.47 Å². The Morgan fingerprint density at radius 3 is 2.81 bits per heavy atom. The number of likely N-dealkylation sites (N-methyl/N-ethyl adjacent to an activating group) is 1. The van der Waals surface area contributed by atoms with Crippen molar-refractivity contribution in [3.63, 3.8) is 0 Å². The summed E-state index contributed by atoms with van der Waals surface area (Å²) in [5.74, 6) is 0.887. The molecule has 1 aliphatic carbocycles. The van der Waals surface area contributed by atoms with E-state index in [1.807, 2.05) is 32.2 Å². The highest BCUT2D eigenvalue weighted by Crippen LogP contribution is 2.36. The quantitative estimate of drug-likeness (QED) is 0.891. The smallest absolute Gasteiger partial charge is 0.134 e. The Morgan fingerprint density at radius 1 is 1.24 bits per heavy atom. The van der Waals surface area contributed by atoms with Crippen molar-refractivity contribution in [2.24, 2.45) is 0 Å². The minimum absolute atomic E-state index is 0.111. The summed E-state index contributed by atoms with van der Waals surface area (Å²) in [7, 11) is 1.97. The van der Waals surface area contributed by atoms with Crippen LogP contribution in [0, 0.1) is 0 Å². The van der Waals surface area contributed by atoms with Gasteiger partial charge in [0.2, 0.25) is 0 Å². The summed E-state index contributed by atoms with van der Waals surface area (Å²) in [4.78, 5) is 0.